The summed E-state index contributed by atoms with van der Waals surface area (Å²) >= 11 is 0. The number of esters is 1. The number of hydrogen-bond donors (Lipinski definition) is 2. The zero-order valence-corrected chi connectivity index (χ0v) is 10.4. The van der Waals surface area contributed by atoms with Crippen molar-refractivity contribution in [2.45, 2.75) is 19.4 Å². The molecule has 0 heterocycles. The van der Waals surface area contributed by atoms with E-state index in [1.165, 1.54) is 7.11 Å². The third kappa shape index (κ3) is 4.97. The van der Waals surface area contributed by atoms with Gasteiger partial charge in [0, 0.05) is 18.5 Å². The van der Waals surface area contributed by atoms with E-state index >= 15 is 0 Å². The summed E-state index contributed by atoms with van der Waals surface area (Å²) in [5, 5.41) is 3.21. The third-order valence-electron chi connectivity index (χ3n) is 2.53. The number of nitrogens with two attached hydrogens (primary N) is 1. The van der Waals surface area contributed by atoms with Crippen molar-refractivity contribution in [1.82, 2.24) is 5.32 Å². The van der Waals surface area contributed by atoms with Gasteiger partial charge < -0.3 is 15.8 Å². The molecule has 1 amide bonds. The van der Waals surface area contributed by atoms with E-state index < -0.39 is 5.91 Å². The first-order valence-corrected chi connectivity index (χ1v) is 5.79. The van der Waals surface area contributed by atoms with Crippen molar-refractivity contribution in [2.24, 2.45) is 5.73 Å². The van der Waals surface area contributed by atoms with Crippen LogP contribution in [0.1, 0.15) is 28.8 Å². The molecule has 5 nitrogen and oxygen atoms in total. The Bertz CT molecular complexity index is 401. The summed E-state index contributed by atoms with van der Waals surface area (Å²) in [6.07, 6.45) is 1.16. The standard InChI is InChI=1S/C13H18N2O3/c1-18-12(16)3-2-8-15-9-10-4-6-11(7-5-10)13(14)17/h4-7,15H,2-3,8-9H2,1H3,(H2,14,17). The Morgan fingerprint density at radius 3 is 2.50 bits per heavy atom. The minimum atomic E-state index is -0.424. The van der Waals surface area contributed by atoms with Crippen LogP contribution in [-0.2, 0) is 16.1 Å². The molecular weight excluding hydrogens is 232 g/mol. The molecule has 0 unspecified atom stereocenters. The van der Waals surface area contributed by atoms with Crippen molar-refractivity contribution in [1.29, 1.82) is 0 Å². The van der Waals surface area contributed by atoms with Crippen LogP contribution in [0.25, 0.3) is 0 Å². The zero-order chi connectivity index (χ0) is 13.4. The van der Waals surface area contributed by atoms with Crippen LogP contribution in [0.15, 0.2) is 24.3 Å². The van der Waals surface area contributed by atoms with Crippen molar-refractivity contribution < 1.29 is 14.3 Å². The fraction of sp³-hybridized carbons (Fsp3) is 0.385. The molecule has 0 saturated carbocycles. The fourth-order valence-corrected chi connectivity index (χ4v) is 1.48. The number of benzene rings is 1. The van der Waals surface area contributed by atoms with Gasteiger partial charge in [-0.1, -0.05) is 12.1 Å². The Hall–Kier alpha value is -1.88. The van der Waals surface area contributed by atoms with Crippen LogP contribution in [-0.4, -0.2) is 25.5 Å². The number of carbonyl (C=O) groups excluding carboxylic acids is 2. The summed E-state index contributed by atoms with van der Waals surface area (Å²) in [4.78, 5) is 21.7. The second-order valence-electron chi connectivity index (χ2n) is 3.92. The van der Waals surface area contributed by atoms with Crippen molar-refractivity contribution >= 4 is 11.9 Å². The van der Waals surface area contributed by atoms with Crippen LogP contribution in [0.4, 0.5) is 0 Å². The number of ether oxygens (including phenoxy) is 1. The van der Waals surface area contributed by atoms with Crippen LogP contribution in [0.2, 0.25) is 0 Å². The summed E-state index contributed by atoms with van der Waals surface area (Å²) in [5.74, 6) is -0.616. The highest BCUT2D eigenvalue weighted by atomic mass is 16.5. The van der Waals surface area contributed by atoms with Crippen LogP contribution < -0.4 is 11.1 Å². The molecule has 0 atom stereocenters. The van der Waals surface area contributed by atoms with Gasteiger partial charge in [0.15, 0.2) is 0 Å². The Morgan fingerprint density at radius 2 is 1.94 bits per heavy atom. The highest BCUT2D eigenvalue weighted by Crippen LogP contribution is 2.03. The van der Waals surface area contributed by atoms with Crippen LogP contribution >= 0.6 is 0 Å². The number of amides is 1. The molecule has 18 heavy (non-hydrogen) atoms. The fourth-order valence-electron chi connectivity index (χ4n) is 1.48. The molecule has 0 bridgehead atoms. The summed E-state index contributed by atoms with van der Waals surface area (Å²) in [7, 11) is 1.38. The predicted octanol–water partition coefficient (Wildman–Crippen LogP) is 0.828. The molecule has 0 aromatic heterocycles. The summed E-state index contributed by atoms with van der Waals surface area (Å²) in [5.41, 5.74) is 6.72. The highest BCUT2D eigenvalue weighted by Gasteiger charge is 2.01. The lowest BCUT2D eigenvalue weighted by Gasteiger charge is -2.05. The minimum absolute atomic E-state index is 0.192. The van der Waals surface area contributed by atoms with Gasteiger partial charge >= 0.3 is 5.97 Å². The van der Waals surface area contributed by atoms with Gasteiger partial charge in [0.25, 0.3) is 0 Å². The zero-order valence-electron chi connectivity index (χ0n) is 10.4. The number of primary amides is 1. The number of rotatable bonds is 7. The largest absolute Gasteiger partial charge is 0.469 e. The van der Waals surface area contributed by atoms with E-state index in [1.54, 1.807) is 12.1 Å². The minimum Gasteiger partial charge on any atom is -0.469 e. The monoisotopic (exact) mass is 250 g/mol. The molecule has 0 saturated heterocycles. The molecule has 3 N–H and O–H groups in total. The maximum atomic E-state index is 10.9. The van der Waals surface area contributed by atoms with Gasteiger partial charge in [-0.3, -0.25) is 9.59 Å². The Balaban J connectivity index is 2.23. The SMILES string of the molecule is COC(=O)CCCNCc1ccc(C(N)=O)cc1. The van der Waals surface area contributed by atoms with Gasteiger partial charge in [-0.2, -0.15) is 0 Å². The van der Waals surface area contributed by atoms with E-state index in [4.69, 9.17) is 5.73 Å². The molecule has 1 aromatic rings. The van der Waals surface area contributed by atoms with Gasteiger partial charge in [0.2, 0.25) is 5.91 Å². The molecule has 0 spiro atoms. The molecule has 0 aliphatic heterocycles. The molecule has 0 radical (unpaired) electrons. The summed E-state index contributed by atoms with van der Waals surface area (Å²) in [6, 6.07) is 7.11. The van der Waals surface area contributed by atoms with Gasteiger partial charge in [0.05, 0.1) is 7.11 Å². The first-order chi connectivity index (χ1) is 8.63. The molecular formula is C13H18N2O3. The van der Waals surface area contributed by atoms with Gasteiger partial charge in [-0.15, -0.1) is 0 Å². The number of carbonyl (C=O) groups is 2. The molecule has 0 aliphatic rings. The molecule has 1 aromatic carbocycles. The normalized spacial score (nSPS) is 10.1. The van der Waals surface area contributed by atoms with Gasteiger partial charge in [-0.05, 0) is 30.7 Å². The topological polar surface area (TPSA) is 81.4 Å². The predicted molar refractivity (Wildman–Crippen MR) is 67.9 cm³/mol. The van der Waals surface area contributed by atoms with Crippen molar-refractivity contribution in [3.63, 3.8) is 0 Å². The van der Waals surface area contributed by atoms with Gasteiger partial charge in [-0.25, -0.2) is 0 Å². The number of hydrogen-bond acceptors (Lipinski definition) is 4. The molecule has 1 rings (SSSR count). The summed E-state index contributed by atoms with van der Waals surface area (Å²) in [6.45, 7) is 1.44. The molecule has 0 fully saturated rings. The van der Waals surface area contributed by atoms with Crippen molar-refractivity contribution in [2.75, 3.05) is 13.7 Å². The molecule has 5 heteroatoms. The van der Waals surface area contributed by atoms with Crippen LogP contribution in [0, 0.1) is 0 Å². The average molecular weight is 250 g/mol. The van der Waals surface area contributed by atoms with Crippen LogP contribution in [0.5, 0.6) is 0 Å². The Kier molecular flexibility index (Phi) is 5.87. The van der Waals surface area contributed by atoms with E-state index in [0.29, 0.717) is 18.5 Å². The van der Waals surface area contributed by atoms with Crippen molar-refractivity contribution in [3.05, 3.63) is 35.4 Å². The maximum Gasteiger partial charge on any atom is 0.305 e. The maximum absolute atomic E-state index is 10.9. The lowest BCUT2D eigenvalue weighted by atomic mass is 10.1. The first kappa shape index (κ1) is 14.2. The molecule has 0 aliphatic carbocycles. The quantitative estimate of drug-likeness (QED) is 0.554. The second-order valence-corrected chi connectivity index (χ2v) is 3.92. The lowest BCUT2D eigenvalue weighted by molar-refractivity contribution is -0.140. The smallest absolute Gasteiger partial charge is 0.305 e. The van der Waals surface area contributed by atoms with E-state index in [1.807, 2.05) is 12.1 Å². The lowest BCUT2D eigenvalue weighted by Crippen LogP contribution is -2.16. The van der Waals surface area contributed by atoms with Crippen LogP contribution in [0.3, 0.4) is 0 Å². The van der Waals surface area contributed by atoms with Gasteiger partial charge in [0.1, 0.15) is 0 Å². The van der Waals surface area contributed by atoms with E-state index in [0.717, 1.165) is 18.5 Å². The second kappa shape index (κ2) is 7.45. The Morgan fingerprint density at radius 1 is 1.28 bits per heavy atom. The Labute approximate surface area is 106 Å². The average Bonchev–Trinajstić information content (AvgIpc) is 2.38. The first-order valence-electron chi connectivity index (χ1n) is 5.79. The van der Waals surface area contributed by atoms with Crippen molar-refractivity contribution in [3.8, 4) is 0 Å². The van der Waals surface area contributed by atoms with E-state index in [2.05, 4.69) is 10.1 Å². The third-order valence-corrected chi connectivity index (χ3v) is 2.53. The number of methoxy groups -OCH3 is 1. The molecule has 98 valence electrons. The van der Waals surface area contributed by atoms with E-state index in [9.17, 15) is 9.59 Å². The highest BCUT2D eigenvalue weighted by molar-refractivity contribution is 5.92. The van der Waals surface area contributed by atoms with E-state index in [-0.39, 0.29) is 5.97 Å². The number of nitrogens with one attached hydrogen (secondary N) is 1. The summed E-state index contributed by atoms with van der Waals surface area (Å²) < 4.78 is 4.54.